The maximum absolute atomic E-state index is 4.29. The predicted octanol–water partition coefficient (Wildman–Crippen LogP) is 1.30. The van der Waals surface area contributed by atoms with Gasteiger partial charge in [0.25, 0.3) is 0 Å². The largest absolute Gasteiger partial charge is 0.364 e. The van der Waals surface area contributed by atoms with Crippen LogP contribution in [0.15, 0.2) is 18.9 Å². The van der Waals surface area contributed by atoms with Gasteiger partial charge in [-0.15, -0.1) is 0 Å². The molecule has 2 aromatic rings. The van der Waals surface area contributed by atoms with Gasteiger partial charge in [-0.2, -0.15) is 0 Å². The minimum atomic E-state index is 0.726. The average molecular weight is 215 g/mol. The predicted molar refractivity (Wildman–Crippen MR) is 60.0 cm³/mol. The van der Waals surface area contributed by atoms with Crippen LogP contribution < -0.4 is 5.32 Å². The van der Waals surface area contributed by atoms with E-state index in [-0.39, 0.29) is 0 Å². The van der Waals surface area contributed by atoms with Gasteiger partial charge < -0.3 is 10.3 Å². The molecule has 1 aliphatic rings. The molecule has 0 fully saturated rings. The number of H-pyrrole nitrogens is 1. The Morgan fingerprint density at radius 3 is 3.19 bits per heavy atom. The van der Waals surface area contributed by atoms with Crippen LogP contribution in [0.2, 0.25) is 0 Å². The van der Waals surface area contributed by atoms with E-state index in [1.54, 1.807) is 12.7 Å². The minimum Gasteiger partial charge on any atom is -0.364 e. The Bertz CT molecular complexity index is 477. The summed E-state index contributed by atoms with van der Waals surface area (Å²) in [7, 11) is 0. The molecule has 2 aromatic heterocycles. The van der Waals surface area contributed by atoms with Crippen LogP contribution in [-0.2, 0) is 19.4 Å². The van der Waals surface area contributed by atoms with Gasteiger partial charge in [-0.1, -0.05) is 0 Å². The van der Waals surface area contributed by atoms with Gasteiger partial charge in [-0.25, -0.2) is 15.0 Å². The highest BCUT2D eigenvalue weighted by atomic mass is 15.0. The van der Waals surface area contributed by atoms with Crippen LogP contribution in [0.5, 0.6) is 0 Å². The summed E-state index contributed by atoms with van der Waals surface area (Å²) in [5, 5.41) is 3.33. The molecule has 82 valence electrons. The molecule has 0 spiro atoms. The molecule has 0 radical (unpaired) electrons. The summed E-state index contributed by atoms with van der Waals surface area (Å²) in [6.45, 7) is 0.726. The molecule has 5 nitrogen and oxygen atoms in total. The lowest BCUT2D eigenvalue weighted by molar-refractivity contribution is 0.899. The Balaban J connectivity index is 1.78. The van der Waals surface area contributed by atoms with Crippen molar-refractivity contribution >= 4 is 5.82 Å². The van der Waals surface area contributed by atoms with E-state index in [1.807, 2.05) is 6.20 Å². The molecule has 0 unspecified atom stereocenters. The first-order valence-electron chi connectivity index (χ1n) is 5.47. The molecular formula is C11H13N5. The normalized spacial score (nSPS) is 13.8. The second kappa shape index (κ2) is 3.92. The lowest BCUT2D eigenvalue weighted by Gasteiger charge is -2.08. The third-order valence-corrected chi connectivity index (χ3v) is 2.88. The van der Waals surface area contributed by atoms with Gasteiger partial charge in [0.05, 0.1) is 18.6 Å². The number of hydrogen-bond donors (Lipinski definition) is 2. The van der Waals surface area contributed by atoms with Crippen molar-refractivity contribution in [3.8, 4) is 0 Å². The van der Waals surface area contributed by atoms with E-state index in [2.05, 4.69) is 25.3 Å². The molecule has 0 aliphatic heterocycles. The van der Waals surface area contributed by atoms with Crippen molar-refractivity contribution in [2.45, 2.75) is 25.8 Å². The molecule has 16 heavy (non-hydrogen) atoms. The molecule has 1 aliphatic carbocycles. The first kappa shape index (κ1) is 9.33. The molecule has 0 saturated heterocycles. The van der Waals surface area contributed by atoms with Gasteiger partial charge in [0.15, 0.2) is 0 Å². The highest BCUT2D eigenvalue weighted by Gasteiger charge is 2.16. The smallest absolute Gasteiger partial charge is 0.133 e. The summed E-state index contributed by atoms with van der Waals surface area (Å²) >= 11 is 0. The van der Waals surface area contributed by atoms with Crippen LogP contribution in [0.4, 0.5) is 5.82 Å². The molecule has 2 N–H and O–H groups in total. The van der Waals surface area contributed by atoms with E-state index < -0.39 is 0 Å². The van der Waals surface area contributed by atoms with Gasteiger partial charge in [0, 0.05) is 17.5 Å². The summed E-state index contributed by atoms with van der Waals surface area (Å²) in [6.07, 6.45) is 8.49. The number of anilines is 1. The molecule has 0 atom stereocenters. The van der Waals surface area contributed by atoms with Crippen molar-refractivity contribution in [2.75, 3.05) is 5.32 Å². The van der Waals surface area contributed by atoms with Gasteiger partial charge in [-0.05, 0) is 19.3 Å². The highest BCUT2D eigenvalue weighted by Crippen LogP contribution is 2.25. The maximum atomic E-state index is 4.29. The monoisotopic (exact) mass is 215 g/mol. The highest BCUT2D eigenvalue weighted by molar-refractivity contribution is 5.47. The molecule has 0 saturated carbocycles. The van der Waals surface area contributed by atoms with Crippen LogP contribution in [0, 0.1) is 0 Å². The van der Waals surface area contributed by atoms with E-state index in [1.165, 1.54) is 17.7 Å². The standard InChI is InChI=1S/C11H13N5/c1-2-9-10(3-1)15-7-16-11(9)13-5-8-4-12-6-14-8/h4,6-7H,1-3,5H2,(H,12,14)(H,13,15,16). The second-order valence-corrected chi connectivity index (χ2v) is 3.93. The quantitative estimate of drug-likeness (QED) is 0.810. The zero-order chi connectivity index (χ0) is 10.8. The van der Waals surface area contributed by atoms with Crippen molar-refractivity contribution in [3.05, 3.63) is 35.8 Å². The molecule has 0 amide bonds. The average Bonchev–Trinajstić information content (AvgIpc) is 2.97. The van der Waals surface area contributed by atoms with E-state index in [0.29, 0.717) is 0 Å². The molecule has 5 heteroatoms. The lowest BCUT2D eigenvalue weighted by Crippen LogP contribution is -2.05. The number of nitrogens with one attached hydrogen (secondary N) is 2. The summed E-state index contributed by atoms with van der Waals surface area (Å²) in [5.74, 6) is 0.970. The molecule has 3 rings (SSSR count). The van der Waals surface area contributed by atoms with Crippen molar-refractivity contribution in [1.29, 1.82) is 0 Å². The third-order valence-electron chi connectivity index (χ3n) is 2.88. The first-order chi connectivity index (χ1) is 7.93. The fourth-order valence-corrected chi connectivity index (χ4v) is 2.07. The Labute approximate surface area is 93.4 Å². The Kier molecular flexibility index (Phi) is 2.29. The minimum absolute atomic E-state index is 0.726. The summed E-state index contributed by atoms with van der Waals surface area (Å²) in [4.78, 5) is 15.6. The topological polar surface area (TPSA) is 66.5 Å². The zero-order valence-electron chi connectivity index (χ0n) is 8.90. The SMILES string of the molecule is c1nc2c(c(NCc3cnc[nH]3)n1)CCC2. The Morgan fingerprint density at radius 1 is 1.31 bits per heavy atom. The molecule has 0 bridgehead atoms. The van der Waals surface area contributed by atoms with Gasteiger partial charge in [0.1, 0.15) is 12.1 Å². The third kappa shape index (κ3) is 1.64. The lowest BCUT2D eigenvalue weighted by atomic mass is 10.2. The number of hydrogen-bond acceptors (Lipinski definition) is 4. The number of imidazole rings is 1. The maximum Gasteiger partial charge on any atom is 0.133 e. The summed E-state index contributed by atoms with van der Waals surface area (Å²) < 4.78 is 0. The van der Waals surface area contributed by atoms with E-state index >= 15 is 0 Å². The van der Waals surface area contributed by atoms with Gasteiger partial charge in [0.2, 0.25) is 0 Å². The van der Waals surface area contributed by atoms with Gasteiger partial charge in [-0.3, -0.25) is 0 Å². The van der Waals surface area contributed by atoms with Crippen molar-refractivity contribution in [1.82, 2.24) is 19.9 Å². The number of aryl methyl sites for hydroxylation is 1. The van der Waals surface area contributed by atoms with Gasteiger partial charge >= 0.3 is 0 Å². The fourth-order valence-electron chi connectivity index (χ4n) is 2.07. The van der Waals surface area contributed by atoms with Crippen LogP contribution in [-0.4, -0.2) is 19.9 Å². The van der Waals surface area contributed by atoms with Crippen molar-refractivity contribution < 1.29 is 0 Å². The van der Waals surface area contributed by atoms with Crippen molar-refractivity contribution in [2.24, 2.45) is 0 Å². The number of rotatable bonds is 3. The van der Waals surface area contributed by atoms with Crippen molar-refractivity contribution in [3.63, 3.8) is 0 Å². The summed E-state index contributed by atoms with van der Waals surface area (Å²) in [5.41, 5.74) is 3.54. The molecular weight excluding hydrogens is 202 g/mol. The zero-order valence-corrected chi connectivity index (χ0v) is 8.90. The number of nitrogens with zero attached hydrogens (tertiary/aromatic N) is 3. The first-order valence-corrected chi connectivity index (χ1v) is 5.47. The number of aromatic nitrogens is 4. The fraction of sp³-hybridized carbons (Fsp3) is 0.364. The Morgan fingerprint density at radius 2 is 2.31 bits per heavy atom. The molecule has 0 aromatic carbocycles. The molecule has 2 heterocycles. The summed E-state index contributed by atoms with van der Waals surface area (Å²) in [6, 6.07) is 0. The second-order valence-electron chi connectivity index (χ2n) is 3.93. The van der Waals surface area contributed by atoms with E-state index in [9.17, 15) is 0 Å². The Hall–Kier alpha value is -1.91. The van der Waals surface area contributed by atoms with E-state index in [4.69, 9.17) is 0 Å². The van der Waals surface area contributed by atoms with Crippen LogP contribution in [0.1, 0.15) is 23.4 Å². The van der Waals surface area contributed by atoms with E-state index in [0.717, 1.165) is 30.9 Å². The number of aromatic amines is 1. The van der Waals surface area contributed by atoms with Crippen LogP contribution >= 0.6 is 0 Å². The van der Waals surface area contributed by atoms with Crippen LogP contribution in [0.25, 0.3) is 0 Å². The van der Waals surface area contributed by atoms with Crippen LogP contribution in [0.3, 0.4) is 0 Å². The number of fused-ring (bicyclic) bond motifs is 1.